The Bertz CT molecular complexity index is 951. The van der Waals surface area contributed by atoms with E-state index in [4.69, 9.17) is 14.6 Å². The molecule has 2 N–H and O–H groups in total. The van der Waals surface area contributed by atoms with E-state index in [0.29, 0.717) is 24.6 Å². The van der Waals surface area contributed by atoms with E-state index >= 15 is 0 Å². The summed E-state index contributed by atoms with van der Waals surface area (Å²) in [6.07, 6.45) is 0. The van der Waals surface area contributed by atoms with Crippen LogP contribution in [0.25, 0.3) is 0 Å². The molecule has 0 saturated heterocycles. The Balaban J connectivity index is 0.00000363. The summed E-state index contributed by atoms with van der Waals surface area (Å²) in [6, 6.07) is 22.6. The molecule has 32 heavy (non-hydrogen) atoms. The van der Waals surface area contributed by atoms with Gasteiger partial charge >= 0.3 is 0 Å². The lowest BCUT2D eigenvalue weighted by atomic mass is 10.2. The summed E-state index contributed by atoms with van der Waals surface area (Å²) in [6.45, 7) is 0.967. The molecule has 170 valence electrons. The van der Waals surface area contributed by atoms with Crippen LogP contribution in [0.2, 0.25) is 0 Å². The Labute approximate surface area is 202 Å². The number of hydrogen-bond acceptors (Lipinski definition) is 5. The third-order valence-electron chi connectivity index (χ3n) is 4.57. The fourth-order valence-electron chi connectivity index (χ4n) is 3.08. The molecule has 0 bridgehead atoms. The van der Waals surface area contributed by atoms with Crippen molar-refractivity contribution < 1.29 is 19.4 Å². The first-order chi connectivity index (χ1) is 15.1. The van der Waals surface area contributed by atoms with Gasteiger partial charge in [0.25, 0.3) is 5.91 Å². The van der Waals surface area contributed by atoms with Gasteiger partial charge in [0.05, 0.1) is 13.7 Å². The van der Waals surface area contributed by atoms with Gasteiger partial charge in [-0.25, -0.2) is 0 Å². The minimum Gasteiger partial charge on any atom is -0.493 e. The molecule has 0 aliphatic heterocycles. The second-order valence-electron chi connectivity index (χ2n) is 6.68. The van der Waals surface area contributed by atoms with Gasteiger partial charge in [0.15, 0.2) is 18.1 Å². The monoisotopic (exact) mass is 520 g/mol. The van der Waals surface area contributed by atoms with Crippen molar-refractivity contribution in [2.75, 3.05) is 31.8 Å². The van der Waals surface area contributed by atoms with Crippen LogP contribution in [0.3, 0.4) is 0 Å². The summed E-state index contributed by atoms with van der Waals surface area (Å²) in [5.74, 6) is 0.793. The number of aliphatic hydroxyl groups excluding tert-OH is 1. The SMILES string of the molecule is COc1cc(CNCCO)c(Br)cc1OCC(=O)N(c1ccccc1)c1ccccc1.Cl. The number of hydrogen-bond donors (Lipinski definition) is 2. The third kappa shape index (κ3) is 6.71. The molecule has 0 saturated carbocycles. The van der Waals surface area contributed by atoms with Gasteiger partial charge < -0.3 is 19.9 Å². The molecule has 3 aromatic rings. The number of nitrogens with one attached hydrogen (secondary N) is 1. The molecule has 8 heteroatoms. The van der Waals surface area contributed by atoms with Gasteiger partial charge in [-0.2, -0.15) is 0 Å². The topological polar surface area (TPSA) is 71.0 Å². The molecular weight excluding hydrogens is 496 g/mol. The van der Waals surface area contributed by atoms with Gasteiger partial charge in [0, 0.05) is 28.9 Å². The maximum Gasteiger partial charge on any atom is 0.269 e. The number of halogens is 2. The smallest absolute Gasteiger partial charge is 0.269 e. The number of rotatable bonds is 10. The zero-order valence-electron chi connectivity index (χ0n) is 17.7. The van der Waals surface area contributed by atoms with Crippen molar-refractivity contribution >= 4 is 45.6 Å². The van der Waals surface area contributed by atoms with Crippen molar-refractivity contribution in [1.82, 2.24) is 5.32 Å². The van der Waals surface area contributed by atoms with Gasteiger partial charge in [-0.05, 0) is 42.0 Å². The van der Waals surface area contributed by atoms with Gasteiger partial charge in [-0.3, -0.25) is 9.69 Å². The van der Waals surface area contributed by atoms with E-state index in [1.54, 1.807) is 18.1 Å². The van der Waals surface area contributed by atoms with Crippen molar-refractivity contribution in [3.8, 4) is 11.5 Å². The Morgan fingerprint density at radius 1 is 1.00 bits per heavy atom. The van der Waals surface area contributed by atoms with E-state index in [0.717, 1.165) is 21.4 Å². The fourth-order valence-corrected chi connectivity index (χ4v) is 3.54. The number of nitrogens with zero attached hydrogens (tertiary/aromatic N) is 1. The van der Waals surface area contributed by atoms with E-state index < -0.39 is 0 Å². The zero-order valence-corrected chi connectivity index (χ0v) is 20.1. The van der Waals surface area contributed by atoms with Crippen molar-refractivity contribution in [3.05, 3.63) is 82.8 Å². The van der Waals surface area contributed by atoms with E-state index in [1.807, 2.05) is 66.7 Å². The second-order valence-corrected chi connectivity index (χ2v) is 7.54. The molecule has 0 aliphatic rings. The summed E-state index contributed by atoms with van der Waals surface area (Å²) in [5, 5.41) is 12.1. The number of carbonyl (C=O) groups is 1. The lowest BCUT2D eigenvalue weighted by molar-refractivity contribution is -0.119. The summed E-state index contributed by atoms with van der Waals surface area (Å²) in [4.78, 5) is 14.8. The molecule has 0 aromatic heterocycles. The third-order valence-corrected chi connectivity index (χ3v) is 5.30. The molecule has 0 spiro atoms. The highest BCUT2D eigenvalue weighted by molar-refractivity contribution is 9.10. The van der Waals surface area contributed by atoms with Crippen molar-refractivity contribution in [2.24, 2.45) is 0 Å². The van der Waals surface area contributed by atoms with Crippen LogP contribution in [-0.2, 0) is 11.3 Å². The average molecular weight is 522 g/mol. The minimum absolute atomic E-state index is 0. The number of aliphatic hydroxyl groups is 1. The quantitative estimate of drug-likeness (QED) is 0.378. The van der Waals surface area contributed by atoms with E-state index in [9.17, 15) is 4.79 Å². The Morgan fingerprint density at radius 3 is 2.12 bits per heavy atom. The molecule has 6 nitrogen and oxygen atoms in total. The van der Waals surface area contributed by atoms with Crippen LogP contribution in [0.4, 0.5) is 11.4 Å². The molecule has 0 radical (unpaired) electrons. The van der Waals surface area contributed by atoms with E-state index in [-0.39, 0.29) is 31.5 Å². The maximum absolute atomic E-state index is 13.2. The molecule has 0 unspecified atom stereocenters. The van der Waals surface area contributed by atoms with E-state index in [2.05, 4.69) is 21.2 Å². The Hall–Kier alpha value is -2.58. The Morgan fingerprint density at radius 2 is 1.59 bits per heavy atom. The second kappa shape index (κ2) is 13.1. The van der Waals surface area contributed by atoms with Gasteiger partial charge in [-0.1, -0.05) is 52.3 Å². The van der Waals surface area contributed by atoms with Gasteiger partial charge in [-0.15, -0.1) is 12.4 Å². The largest absolute Gasteiger partial charge is 0.493 e. The number of benzene rings is 3. The molecule has 3 rings (SSSR count). The Kier molecular flexibility index (Phi) is 10.5. The summed E-state index contributed by atoms with van der Waals surface area (Å²) in [5.41, 5.74) is 2.49. The number of anilines is 2. The summed E-state index contributed by atoms with van der Waals surface area (Å²) in [7, 11) is 1.56. The predicted octanol–water partition coefficient (Wildman–Crippen LogP) is 4.71. The fraction of sp³-hybridized carbons (Fsp3) is 0.208. The van der Waals surface area contributed by atoms with Crippen molar-refractivity contribution in [2.45, 2.75) is 6.54 Å². The highest BCUT2D eigenvalue weighted by Crippen LogP contribution is 2.34. The zero-order chi connectivity index (χ0) is 22.1. The van der Waals surface area contributed by atoms with Crippen LogP contribution in [0.1, 0.15) is 5.56 Å². The maximum atomic E-state index is 13.2. The average Bonchev–Trinajstić information content (AvgIpc) is 2.80. The standard InChI is InChI=1S/C24H25BrN2O4.ClH/c1-30-22-14-18(16-26-12-13-28)21(25)15-23(22)31-17-24(29)27(19-8-4-2-5-9-19)20-10-6-3-7-11-20;/h2-11,14-15,26,28H,12-13,16-17H2,1H3;1H. The molecule has 0 fully saturated rings. The minimum atomic E-state index is -0.204. The summed E-state index contributed by atoms with van der Waals surface area (Å²) < 4.78 is 12.2. The number of carbonyl (C=O) groups excluding carboxylic acids is 1. The highest BCUT2D eigenvalue weighted by Gasteiger charge is 2.19. The molecule has 0 heterocycles. The van der Waals surface area contributed by atoms with Crippen LogP contribution in [0.5, 0.6) is 11.5 Å². The first-order valence-electron chi connectivity index (χ1n) is 9.88. The number of amides is 1. The first kappa shape index (κ1) is 25.7. The highest BCUT2D eigenvalue weighted by atomic mass is 79.9. The van der Waals surface area contributed by atoms with Crippen LogP contribution in [0, 0.1) is 0 Å². The van der Waals surface area contributed by atoms with Gasteiger partial charge in [0.1, 0.15) is 0 Å². The number of ether oxygens (including phenoxy) is 2. The molecule has 1 amide bonds. The lowest BCUT2D eigenvalue weighted by Gasteiger charge is -2.23. The predicted molar refractivity (Wildman–Crippen MR) is 132 cm³/mol. The molecule has 0 aliphatic carbocycles. The van der Waals surface area contributed by atoms with E-state index in [1.165, 1.54) is 0 Å². The van der Waals surface area contributed by atoms with Crippen molar-refractivity contribution in [3.63, 3.8) is 0 Å². The van der Waals surface area contributed by atoms with Gasteiger partial charge in [0.2, 0.25) is 0 Å². The summed E-state index contributed by atoms with van der Waals surface area (Å²) >= 11 is 3.54. The number of methoxy groups -OCH3 is 1. The van der Waals surface area contributed by atoms with Crippen LogP contribution < -0.4 is 19.7 Å². The van der Waals surface area contributed by atoms with Crippen LogP contribution in [-0.4, -0.2) is 37.9 Å². The normalized spacial score (nSPS) is 10.2. The van der Waals surface area contributed by atoms with Crippen LogP contribution >= 0.6 is 28.3 Å². The van der Waals surface area contributed by atoms with Crippen molar-refractivity contribution in [1.29, 1.82) is 0 Å². The first-order valence-corrected chi connectivity index (χ1v) is 10.7. The van der Waals surface area contributed by atoms with Crippen LogP contribution in [0.15, 0.2) is 77.3 Å². The molecular formula is C24H26BrClN2O4. The molecule has 3 aromatic carbocycles. The number of para-hydroxylation sites is 2. The molecule has 0 atom stereocenters. The lowest BCUT2D eigenvalue weighted by Crippen LogP contribution is -2.31.